The van der Waals surface area contributed by atoms with Crippen molar-refractivity contribution in [3.05, 3.63) is 59.1 Å². The van der Waals surface area contributed by atoms with Crippen LogP contribution in [0.4, 0.5) is 5.69 Å². The van der Waals surface area contributed by atoms with Crippen LogP contribution in [0.15, 0.2) is 48.5 Å². The molecule has 0 heterocycles. The third kappa shape index (κ3) is 3.90. The fourth-order valence-electron chi connectivity index (χ4n) is 1.81. The Kier molecular flexibility index (Phi) is 4.69. The average molecular weight is 276 g/mol. The number of halogens is 1. The first-order valence-corrected chi connectivity index (χ1v) is 6.75. The molecule has 0 fully saturated rings. The molecule has 1 atom stereocenters. The Hall–Kier alpha value is -1.67. The number of benzene rings is 2. The molecule has 0 aliphatic heterocycles. The Labute approximate surface area is 119 Å². The van der Waals surface area contributed by atoms with E-state index in [9.17, 15) is 0 Å². The molecule has 0 aliphatic carbocycles. The Balaban J connectivity index is 1.90. The molecule has 2 aromatic carbocycles. The van der Waals surface area contributed by atoms with E-state index < -0.39 is 0 Å². The molecule has 0 spiro atoms. The first-order chi connectivity index (χ1) is 9.16. The van der Waals surface area contributed by atoms with Gasteiger partial charge in [-0.2, -0.15) is 0 Å². The highest BCUT2D eigenvalue weighted by Gasteiger charge is 2.06. The van der Waals surface area contributed by atoms with Crippen molar-refractivity contribution in [3.63, 3.8) is 0 Å². The summed E-state index contributed by atoms with van der Waals surface area (Å²) in [6.07, 6.45) is 0.0670. The molecule has 100 valence electrons. The van der Waals surface area contributed by atoms with Crippen LogP contribution >= 0.6 is 11.6 Å². The van der Waals surface area contributed by atoms with Crippen molar-refractivity contribution in [1.29, 1.82) is 0 Å². The van der Waals surface area contributed by atoms with Gasteiger partial charge in [-0.1, -0.05) is 41.9 Å². The zero-order valence-electron chi connectivity index (χ0n) is 11.2. The molecule has 1 N–H and O–H groups in total. The predicted molar refractivity (Wildman–Crippen MR) is 81.2 cm³/mol. The third-order valence-corrected chi connectivity index (χ3v) is 3.21. The quantitative estimate of drug-likeness (QED) is 0.866. The molecule has 0 aliphatic rings. The number of aryl methyl sites for hydroxylation is 1. The minimum Gasteiger partial charge on any atom is -0.489 e. The Morgan fingerprint density at radius 3 is 2.53 bits per heavy atom. The van der Waals surface area contributed by atoms with Gasteiger partial charge in [0.25, 0.3) is 0 Å². The van der Waals surface area contributed by atoms with Crippen LogP contribution in [0.1, 0.15) is 12.5 Å². The lowest BCUT2D eigenvalue weighted by Crippen LogP contribution is -2.23. The highest BCUT2D eigenvalue weighted by atomic mass is 35.5. The number of hydrogen-bond donors (Lipinski definition) is 1. The number of nitrogens with one attached hydrogen (secondary N) is 1. The van der Waals surface area contributed by atoms with Gasteiger partial charge in [0.2, 0.25) is 0 Å². The first kappa shape index (κ1) is 13.8. The van der Waals surface area contributed by atoms with Crippen LogP contribution in [0, 0.1) is 6.92 Å². The van der Waals surface area contributed by atoms with Crippen LogP contribution in [0.25, 0.3) is 0 Å². The second-order valence-electron chi connectivity index (χ2n) is 4.55. The molecule has 1 unspecified atom stereocenters. The Morgan fingerprint density at radius 1 is 1.11 bits per heavy atom. The van der Waals surface area contributed by atoms with Crippen molar-refractivity contribution in [2.24, 2.45) is 0 Å². The van der Waals surface area contributed by atoms with E-state index in [0.29, 0.717) is 6.54 Å². The van der Waals surface area contributed by atoms with Gasteiger partial charge in [-0.25, -0.2) is 0 Å². The van der Waals surface area contributed by atoms with Crippen LogP contribution in [-0.2, 0) is 0 Å². The molecule has 2 nitrogen and oxygen atoms in total. The topological polar surface area (TPSA) is 21.3 Å². The highest BCUT2D eigenvalue weighted by molar-refractivity contribution is 6.33. The van der Waals surface area contributed by atoms with Crippen molar-refractivity contribution in [2.75, 3.05) is 11.9 Å². The maximum Gasteiger partial charge on any atom is 0.122 e. The lowest BCUT2D eigenvalue weighted by Gasteiger charge is -2.18. The van der Waals surface area contributed by atoms with E-state index >= 15 is 0 Å². The number of ether oxygens (including phenoxy) is 1. The van der Waals surface area contributed by atoms with Gasteiger partial charge in [0.15, 0.2) is 0 Å². The summed E-state index contributed by atoms with van der Waals surface area (Å²) >= 11 is 6.09. The van der Waals surface area contributed by atoms with Gasteiger partial charge in [0, 0.05) is 0 Å². The van der Waals surface area contributed by atoms with E-state index in [1.54, 1.807) is 0 Å². The number of para-hydroxylation sites is 2. The number of anilines is 1. The fourth-order valence-corrected chi connectivity index (χ4v) is 2.01. The number of rotatable bonds is 5. The molecule has 0 amide bonds. The zero-order chi connectivity index (χ0) is 13.7. The molecule has 0 aromatic heterocycles. The SMILES string of the molecule is Cc1ccccc1OC(C)CNc1ccccc1Cl. The van der Waals surface area contributed by atoms with Crippen molar-refractivity contribution >= 4 is 17.3 Å². The average Bonchev–Trinajstić information content (AvgIpc) is 2.40. The summed E-state index contributed by atoms with van der Waals surface area (Å²) in [5, 5.41) is 4.02. The predicted octanol–water partition coefficient (Wildman–Crippen LogP) is 4.53. The van der Waals surface area contributed by atoms with Gasteiger partial charge in [-0.05, 0) is 37.6 Å². The summed E-state index contributed by atoms with van der Waals surface area (Å²) < 4.78 is 5.90. The molecule has 0 radical (unpaired) electrons. The first-order valence-electron chi connectivity index (χ1n) is 6.37. The molecular weight excluding hydrogens is 258 g/mol. The summed E-state index contributed by atoms with van der Waals surface area (Å²) in [7, 11) is 0. The monoisotopic (exact) mass is 275 g/mol. The maximum atomic E-state index is 6.09. The Bertz CT molecular complexity index is 542. The summed E-state index contributed by atoms with van der Waals surface area (Å²) in [4.78, 5) is 0. The van der Waals surface area contributed by atoms with E-state index in [2.05, 4.69) is 5.32 Å². The number of hydrogen-bond acceptors (Lipinski definition) is 2. The highest BCUT2D eigenvalue weighted by Crippen LogP contribution is 2.21. The zero-order valence-corrected chi connectivity index (χ0v) is 11.9. The van der Waals surface area contributed by atoms with E-state index in [4.69, 9.17) is 16.3 Å². The summed E-state index contributed by atoms with van der Waals surface area (Å²) in [6.45, 7) is 4.79. The lowest BCUT2D eigenvalue weighted by molar-refractivity contribution is 0.233. The molecule has 3 heteroatoms. The van der Waals surface area contributed by atoms with Gasteiger partial charge in [-0.15, -0.1) is 0 Å². The van der Waals surface area contributed by atoms with Crippen molar-refractivity contribution in [1.82, 2.24) is 0 Å². The Morgan fingerprint density at radius 2 is 1.79 bits per heavy atom. The van der Waals surface area contributed by atoms with Crippen molar-refractivity contribution in [2.45, 2.75) is 20.0 Å². The molecule has 0 saturated heterocycles. The van der Waals surface area contributed by atoms with Crippen LogP contribution < -0.4 is 10.1 Å². The molecule has 0 bridgehead atoms. The van der Waals surface area contributed by atoms with Crippen LogP contribution in [0.2, 0.25) is 5.02 Å². The standard InChI is InChI=1S/C16H18ClNO/c1-12-7-3-6-10-16(12)19-13(2)11-18-15-9-5-4-8-14(15)17/h3-10,13,18H,11H2,1-2H3. The minimum atomic E-state index is 0.0670. The molecule has 19 heavy (non-hydrogen) atoms. The lowest BCUT2D eigenvalue weighted by atomic mass is 10.2. The molecule has 2 rings (SSSR count). The summed E-state index contributed by atoms with van der Waals surface area (Å²) in [5.74, 6) is 0.927. The van der Waals surface area contributed by atoms with Gasteiger partial charge in [0.05, 0.1) is 17.3 Å². The molecule has 2 aromatic rings. The third-order valence-electron chi connectivity index (χ3n) is 2.88. The van der Waals surface area contributed by atoms with Crippen molar-refractivity contribution < 1.29 is 4.74 Å². The smallest absolute Gasteiger partial charge is 0.122 e. The van der Waals surface area contributed by atoms with E-state index in [1.165, 1.54) is 0 Å². The van der Waals surface area contributed by atoms with Gasteiger partial charge < -0.3 is 10.1 Å². The van der Waals surface area contributed by atoms with E-state index in [1.807, 2.05) is 62.4 Å². The van der Waals surface area contributed by atoms with E-state index in [0.717, 1.165) is 22.0 Å². The van der Waals surface area contributed by atoms with Gasteiger partial charge >= 0.3 is 0 Å². The second-order valence-corrected chi connectivity index (χ2v) is 4.96. The normalized spacial score (nSPS) is 11.9. The fraction of sp³-hybridized carbons (Fsp3) is 0.250. The van der Waals surface area contributed by atoms with E-state index in [-0.39, 0.29) is 6.10 Å². The van der Waals surface area contributed by atoms with Gasteiger partial charge in [0.1, 0.15) is 11.9 Å². The van der Waals surface area contributed by atoms with Crippen LogP contribution in [0.3, 0.4) is 0 Å². The van der Waals surface area contributed by atoms with Crippen LogP contribution in [-0.4, -0.2) is 12.6 Å². The van der Waals surface area contributed by atoms with Crippen molar-refractivity contribution in [3.8, 4) is 5.75 Å². The minimum absolute atomic E-state index is 0.0670. The summed E-state index contributed by atoms with van der Waals surface area (Å²) in [6, 6.07) is 15.7. The maximum absolute atomic E-state index is 6.09. The largest absolute Gasteiger partial charge is 0.489 e. The summed E-state index contributed by atoms with van der Waals surface area (Å²) in [5.41, 5.74) is 2.08. The molecular formula is C16H18ClNO. The van der Waals surface area contributed by atoms with Crippen LogP contribution in [0.5, 0.6) is 5.75 Å². The second kappa shape index (κ2) is 6.48. The molecule has 0 saturated carbocycles. The van der Waals surface area contributed by atoms with Gasteiger partial charge in [-0.3, -0.25) is 0 Å².